The van der Waals surface area contributed by atoms with Gasteiger partial charge in [-0.25, -0.2) is 23.7 Å². The first-order valence-electron chi connectivity index (χ1n) is 10.2. The highest BCUT2D eigenvalue weighted by Crippen LogP contribution is 2.27. The molecule has 0 spiro atoms. The van der Waals surface area contributed by atoms with Crippen molar-refractivity contribution in [3.63, 3.8) is 0 Å². The quantitative estimate of drug-likeness (QED) is 0.505. The fraction of sp³-hybridized carbons (Fsp3) is 0.429. The van der Waals surface area contributed by atoms with E-state index >= 15 is 0 Å². The number of anilines is 2. The van der Waals surface area contributed by atoms with Crippen molar-refractivity contribution in [2.75, 3.05) is 17.6 Å². The van der Waals surface area contributed by atoms with E-state index in [1.165, 1.54) is 12.3 Å². The maximum absolute atomic E-state index is 14.0. The number of amides is 1. The Morgan fingerprint density at radius 1 is 1.31 bits per heavy atom. The Balaban J connectivity index is 1.69. The van der Waals surface area contributed by atoms with E-state index in [0.29, 0.717) is 22.7 Å². The van der Waals surface area contributed by atoms with Gasteiger partial charge in [-0.05, 0) is 46.8 Å². The van der Waals surface area contributed by atoms with Crippen LogP contribution in [0.15, 0.2) is 30.7 Å². The zero-order valence-corrected chi connectivity index (χ0v) is 18.7. The summed E-state index contributed by atoms with van der Waals surface area (Å²) < 4.78 is 26.6. The molecule has 0 fully saturated rings. The second-order valence-corrected chi connectivity index (χ2v) is 8.41. The summed E-state index contributed by atoms with van der Waals surface area (Å²) in [5.74, 6) is 0.283. The van der Waals surface area contributed by atoms with Crippen LogP contribution in [0.2, 0.25) is 0 Å². The number of aromatic nitrogens is 4. The smallest absolute Gasteiger partial charge is 0.407 e. The van der Waals surface area contributed by atoms with Crippen molar-refractivity contribution >= 4 is 23.2 Å². The molecular weight excluding hydrogens is 417 g/mol. The lowest BCUT2D eigenvalue weighted by molar-refractivity contribution is 0.0503. The number of hydrogen-bond acceptors (Lipinski definition) is 8. The van der Waals surface area contributed by atoms with Crippen molar-refractivity contribution in [2.45, 2.75) is 52.4 Å². The summed E-state index contributed by atoms with van der Waals surface area (Å²) in [6, 6.07) is 2.69. The van der Waals surface area contributed by atoms with Crippen LogP contribution in [0.1, 0.15) is 46.2 Å². The molecule has 0 aliphatic heterocycles. The van der Waals surface area contributed by atoms with E-state index in [4.69, 9.17) is 15.2 Å². The van der Waals surface area contributed by atoms with Crippen LogP contribution in [0.3, 0.4) is 0 Å². The molecule has 0 radical (unpaired) electrons. The van der Waals surface area contributed by atoms with Gasteiger partial charge in [-0.15, -0.1) is 0 Å². The van der Waals surface area contributed by atoms with Gasteiger partial charge in [0.05, 0.1) is 30.7 Å². The minimum atomic E-state index is -0.598. The minimum Gasteiger partial charge on any atom is -0.473 e. The Morgan fingerprint density at radius 3 is 2.78 bits per heavy atom. The van der Waals surface area contributed by atoms with Crippen molar-refractivity contribution in [2.24, 2.45) is 0 Å². The molecule has 3 heterocycles. The van der Waals surface area contributed by atoms with Crippen LogP contribution in [0.25, 0.3) is 5.65 Å². The van der Waals surface area contributed by atoms with E-state index in [2.05, 4.69) is 25.7 Å². The van der Waals surface area contributed by atoms with Crippen LogP contribution >= 0.6 is 0 Å². The number of halogens is 1. The lowest BCUT2D eigenvalue weighted by Gasteiger charge is -2.22. The maximum Gasteiger partial charge on any atom is 0.407 e. The summed E-state index contributed by atoms with van der Waals surface area (Å²) in [6.07, 6.45) is 3.34. The van der Waals surface area contributed by atoms with E-state index in [9.17, 15) is 9.18 Å². The first kappa shape index (κ1) is 23.0. The highest BCUT2D eigenvalue weighted by molar-refractivity contribution is 5.67. The number of alkyl carbamates (subject to hydrolysis) is 1. The van der Waals surface area contributed by atoms with E-state index in [1.807, 2.05) is 6.92 Å². The molecule has 32 heavy (non-hydrogen) atoms. The molecule has 0 bridgehead atoms. The number of ether oxygens (including phenoxy) is 2. The van der Waals surface area contributed by atoms with Crippen molar-refractivity contribution in [1.29, 1.82) is 0 Å². The normalized spacial score (nSPS) is 13.4. The lowest BCUT2D eigenvalue weighted by Crippen LogP contribution is -2.37. The van der Waals surface area contributed by atoms with Crippen LogP contribution < -0.4 is 21.1 Å². The summed E-state index contributed by atoms with van der Waals surface area (Å²) in [6.45, 7) is 9.13. The lowest BCUT2D eigenvalue weighted by atomic mass is 10.1. The average molecular weight is 445 g/mol. The van der Waals surface area contributed by atoms with Crippen LogP contribution in [0, 0.1) is 5.82 Å². The Hall–Kier alpha value is -3.63. The molecule has 10 nitrogen and oxygen atoms in total. The van der Waals surface area contributed by atoms with Crippen LogP contribution in [-0.4, -0.2) is 43.9 Å². The van der Waals surface area contributed by atoms with Gasteiger partial charge in [-0.2, -0.15) is 5.10 Å². The van der Waals surface area contributed by atoms with Crippen LogP contribution in [0.4, 0.5) is 20.7 Å². The molecule has 1 amide bonds. The van der Waals surface area contributed by atoms with Crippen LogP contribution in [0.5, 0.6) is 5.88 Å². The molecule has 0 aliphatic rings. The fourth-order valence-electron chi connectivity index (χ4n) is 2.89. The molecule has 172 valence electrons. The van der Waals surface area contributed by atoms with E-state index in [1.54, 1.807) is 44.5 Å². The first-order valence-corrected chi connectivity index (χ1v) is 10.2. The third-order valence-electron chi connectivity index (χ3n) is 4.32. The van der Waals surface area contributed by atoms with Gasteiger partial charge in [0.25, 0.3) is 0 Å². The van der Waals surface area contributed by atoms with E-state index in [0.717, 1.165) is 6.20 Å². The van der Waals surface area contributed by atoms with Gasteiger partial charge in [-0.1, -0.05) is 0 Å². The summed E-state index contributed by atoms with van der Waals surface area (Å²) in [5.41, 5.74) is 6.74. The maximum atomic E-state index is 14.0. The molecule has 3 rings (SSSR count). The molecular formula is C21H28FN7O3. The van der Waals surface area contributed by atoms with Gasteiger partial charge in [-0.3, -0.25) is 0 Å². The molecule has 2 atom stereocenters. The number of pyridine rings is 1. The number of rotatable bonds is 7. The van der Waals surface area contributed by atoms with Gasteiger partial charge in [0.15, 0.2) is 5.65 Å². The third kappa shape index (κ3) is 5.96. The van der Waals surface area contributed by atoms with Gasteiger partial charge < -0.3 is 25.8 Å². The van der Waals surface area contributed by atoms with Crippen molar-refractivity contribution in [1.82, 2.24) is 24.9 Å². The van der Waals surface area contributed by atoms with Gasteiger partial charge in [0, 0.05) is 11.8 Å². The monoisotopic (exact) mass is 445 g/mol. The van der Waals surface area contributed by atoms with E-state index in [-0.39, 0.29) is 12.4 Å². The van der Waals surface area contributed by atoms with Gasteiger partial charge in [0.1, 0.15) is 23.3 Å². The second-order valence-electron chi connectivity index (χ2n) is 8.41. The average Bonchev–Trinajstić information content (AvgIpc) is 3.07. The third-order valence-corrected chi connectivity index (χ3v) is 4.32. The predicted octanol–water partition coefficient (Wildman–Crippen LogP) is 3.31. The summed E-state index contributed by atoms with van der Waals surface area (Å²) in [5, 5.41) is 9.93. The molecule has 0 saturated carbocycles. The summed E-state index contributed by atoms with van der Waals surface area (Å²) in [7, 11) is 0. The number of carbonyl (C=O) groups is 1. The molecule has 0 aliphatic carbocycles. The Labute approximate surface area is 185 Å². The number of carbonyl (C=O) groups excluding carboxylic acids is 1. The zero-order valence-electron chi connectivity index (χ0n) is 18.7. The summed E-state index contributed by atoms with van der Waals surface area (Å²) in [4.78, 5) is 20.4. The summed E-state index contributed by atoms with van der Waals surface area (Å²) >= 11 is 0. The second kappa shape index (κ2) is 9.25. The number of nitrogens with one attached hydrogen (secondary N) is 2. The number of hydrogen-bond donors (Lipinski definition) is 3. The Bertz CT molecular complexity index is 1100. The molecule has 3 aromatic rings. The molecule has 11 heteroatoms. The van der Waals surface area contributed by atoms with Crippen molar-refractivity contribution in [3.8, 4) is 5.88 Å². The predicted molar refractivity (Wildman–Crippen MR) is 118 cm³/mol. The van der Waals surface area contributed by atoms with Gasteiger partial charge >= 0.3 is 6.09 Å². The molecule has 0 aromatic carbocycles. The van der Waals surface area contributed by atoms with E-state index < -0.39 is 29.7 Å². The van der Waals surface area contributed by atoms with Crippen molar-refractivity contribution < 1.29 is 18.7 Å². The highest BCUT2D eigenvalue weighted by atomic mass is 19.1. The minimum absolute atomic E-state index is 0.188. The number of nitrogens with two attached hydrogens (primary N) is 1. The molecule has 0 unspecified atom stereocenters. The molecule has 3 aromatic heterocycles. The van der Waals surface area contributed by atoms with Gasteiger partial charge in [0.2, 0.25) is 5.88 Å². The fourth-order valence-corrected chi connectivity index (χ4v) is 2.89. The Morgan fingerprint density at radius 2 is 2.06 bits per heavy atom. The van der Waals surface area contributed by atoms with Crippen molar-refractivity contribution in [3.05, 3.63) is 42.1 Å². The molecule has 4 N–H and O–H groups in total. The number of nitrogen functional groups attached to an aromatic ring is 1. The zero-order chi connectivity index (χ0) is 23.5. The largest absolute Gasteiger partial charge is 0.473 e. The molecule has 0 saturated heterocycles. The number of nitrogens with zero attached hydrogens (tertiary/aromatic N) is 4. The van der Waals surface area contributed by atoms with Crippen LogP contribution in [-0.2, 0) is 4.74 Å². The topological polar surface area (TPSA) is 129 Å². The Kier molecular flexibility index (Phi) is 6.66. The number of fused-ring (bicyclic) bond motifs is 1. The first-order chi connectivity index (χ1) is 15.0. The SMILES string of the molecule is C[C@@H](CNC(=O)OC(C)(C)C)Oc1ncc(F)cc1[C@@H](C)Nc1ccn2ncc(N)c2n1. The standard InChI is InChI=1S/C21H28FN7O3/c1-12(9-25-20(30)32-21(3,4)5)31-19-15(8-14(22)10-24-19)13(2)27-17-6-7-29-18(28-17)16(23)11-26-29/h6-8,10-13H,9,23H2,1-5H3,(H,25,30)(H,27,28)/t12-,13+/m0/s1. The highest BCUT2D eigenvalue weighted by Gasteiger charge is 2.20.